The van der Waals surface area contributed by atoms with Crippen LogP contribution in [0, 0.1) is 0 Å². The van der Waals surface area contributed by atoms with Crippen LogP contribution in [-0.2, 0) is 0 Å². The van der Waals surface area contributed by atoms with Crippen molar-refractivity contribution in [3.05, 3.63) is 54.6 Å². The molecule has 0 atom stereocenters. The molecule has 0 radical (unpaired) electrons. The second-order valence-electron chi connectivity index (χ2n) is 5.59. The van der Waals surface area contributed by atoms with Crippen LogP contribution in [0.1, 0.15) is 0 Å². The van der Waals surface area contributed by atoms with Gasteiger partial charge in [-0.2, -0.15) is 0 Å². The lowest BCUT2D eigenvalue weighted by Gasteiger charge is -2.06. The summed E-state index contributed by atoms with van der Waals surface area (Å²) in [5.74, 6) is 0.766. The Labute approximate surface area is 137 Å². The number of hydrogen-bond acceptors (Lipinski definition) is 5. The molecule has 0 amide bonds. The number of para-hydroxylation sites is 2. The molecule has 0 unspecified atom stereocenters. The summed E-state index contributed by atoms with van der Waals surface area (Å²) in [7, 11) is 1.64. The number of ether oxygens (including phenoxy) is 1. The fourth-order valence-electron chi connectivity index (χ4n) is 2.93. The molecule has 24 heavy (non-hydrogen) atoms. The Kier molecular flexibility index (Phi) is 2.64. The third-order valence-electron chi connectivity index (χ3n) is 4.12. The van der Waals surface area contributed by atoms with Gasteiger partial charge in [-0.25, -0.2) is 19.9 Å². The van der Waals surface area contributed by atoms with Crippen molar-refractivity contribution in [2.24, 2.45) is 0 Å². The largest absolute Gasteiger partial charge is 0.497 e. The first-order chi connectivity index (χ1) is 11.8. The molecular formula is C19H12N4O. The van der Waals surface area contributed by atoms with Crippen molar-refractivity contribution < 1.29 is 4.74 Å². The predicted octanol–water partition coefficient (Wildman–Crippen LogP) is 3.89. The number of hydrogen-bond donors (Lipinski definition) is 0. The molecule has 0 aliphatic heterocycles. The van der Waals surface area contributed by atoms with Gasteiger partial charge in [-0.15, -0.1) is 0 Å². The Morgan fingerprint density at radius 3 is 1.79 bits per heavy atom. The van der Waals surface area contributed by atoms with Crippen LogP contribution in [0.5, 0.6) is 5.75 Å². The zero-order valence-electron chi connectivity index (χ0n) is 12.9. The molecule has 5 nitrogen and oxygen atoms in total. The first-order valence-corrected chi connectivity index (χ1v) is 7.63. The summed E-state index contributed by atoms with van der Waals surface area (Å²) in [5, 5.41) is 0. The van der Waals surface area contributed by atoms with Crippen LogP contribution in [0.2, 0.25) is 0 Å². The van der Waals surface area contributed by atoms with E-state index in [-0.39, 0.29) is 0 Å². The van der Waals surface area contributed by atoms with Crippen LogP contribution in [0.4, 0.5) is 0 Å². The molecule has 3 aromatic carbocycles. The zero-order valence-corrected chi connectivity index (χ0v) is 12.9. The van der Waals surface area contributed by atoms with Crippen molar-refractivity contribution >= 4 is 44.1 Å². The molecule has 0 aliphatic rings. The van der Waals surface area contributed by atoms with Gasteiger partial charge in [0.05, 0.1) is 40.2 Å². The summed E-state index contributed by atoms with van der Waals surface area (Å²) in [5.41, 5.74) is 6.51. The van der Waals surface area contributed by atoms with E-state index >= 15 is 0 Å². The molecule has 5 rings (SSSR count). The lowest BCUT2D eigenvalue weighted by molar-refractivity contribution is 0.415. The van der Waals surface area contributed by atoms with Crippen molar-refractivity contribution in [2.45, 2.75) is 0 Å². The number of benzene rings is 3. The number of nitrogens with zero attached hydrogens (tertiary/aromatic N) is 4. The normalized spacial score (nSPS) is 11.5. The van der Waals surface area contributed by atoms with Crippen LogP contribution in [0.25, 0.3) is 44.1 Å². The zero-order chi connectivity index (χ0) is 16.1. The van der Waals surface area contributed by atoms with Crippen LogP contribution < -0.4 is 4.74 Å². The summed E-state index contributed by atoms with van der Waals surface area (Å²) in [4.78, 5) is 18.9. The van der Waals surface area contributed by atoms with Gasteiger partial charge in [0.25, 0.3) is 0 Å². The highest BCUT2D eigenvalue weighted by Gasteiger charge is 2.10. The minimum absolute atomic E-state index is 0.766. The standard InChI is InChI=1S/C19H12N4O/c1-24-11-6-7-14-17(10-11)21-16-9-8-15-18(19(16)23-14)22-13-5-3-2-4-12(13)20-15/h2-10H,1H3. The topological polar surface area (TPSA) is 60.8 Å². The van der Waals surface area contributed by atoms with E-state index in [1.165, 1.54) is 0 Å². The monoisotopic (exact) mass is 312 g/mol. The maximum absolute atomic E-state index is 5.26. The second kappa shape index (κ2) is 4.83. The third kappa shape index (κ3) is 1.88. The molecule has 0 bridgehead atoms. The molecule has 0 N–H and O–H groups in total. The molecule has 0 spiro atoms. The first-order valence-electron chi connectivity index (χ1n) is 7.63. The fraction of sp³-hybridized carbons (Fsp3) is 0.0526. The van der Waals surface area contributed by atoms with Gasteiger partial charge in [0, 0.05) is 6.07 Å². The van der Waals surface area contributed by atoms with Crippen molar-refractivity contribution in [1.29, 1.82) is 0 Å². The number of fused-ring (bicyclic) bond motifs is 5. The molecule has 2 heterocycles. The van der Waals surface area contributed by atoms with Gasteiger partial charge in [-0.3, -0.25) is 0 Å². The average molecular weight is 312 g/mol. The van der Waals surface area contributed by atoms with Crippen LogP contribution in [-0.4, -0.2) is 27.0 Å². The number of aromatic nitrogens is 4. The van der Waals surface area contributed by atoms with E-state index < -0.39 is 0 Å². The third-order valence-corrected chi connectivity index (χ3v) is 4.12. The lowest BCUT2D eigenvalue weighted by Crippen LogP contribution is -1.93. The van der Waals surface area contributed by atoms with Crippen molar-refractivity contribution in [1.82, 2.24) is 19.9 Å². The van der Waals surface area contributed by atoms with E-state index in [0.717, 1.165) is 49.9 Å². The van der Waals surface area contributed by atoms with Crippen molar-refractivity contribution in [3.8, 4) is 5.75 Å². The molecular weight excluding hydrogens is 300 g/mol. The maximum Gasteiger partial charge on any atom is 0.121 e. The summed E-state index contributed by atoms with van der Waals surface area (Å²) in [6.45, 7) is 0. The first kappa shape index (κ1) is 13.1. The number of rotatable bonds is 1. The molecule has 5 aromatic rings. The smallest absolute Gasteiger partial charge is 0.121 e. The Morgan fingerprint density at radius 2 is 1.12 bits per heavy atom. The quantitative estimate of drug-likeness (QED) is 0.347. The Balaban J connectivity index is 1.91. The average Bonchev–Trinajstić information content (AvgIpc) is 2.64. The van der Waals surface area contributed by atoms with E-state index in [1.807, 2.05) is 54.6 Å². The van der Waals surface area contributed by atoms with Gasteiger partial charge in [-0.05, 0) is 36.4 Å². The Bertz CT molecular complexity index is 1250. The molecule has 0 aliphatic carbocycles. The van der Waals surface area contributed by atoms with E-state index in [9.17, 15) is 0 Å². The van der Waals surface area contributed by atoms with Gasteiger partial charge >= 0.3 is 0 Å². The van der Waals surface area contributed by atoms with Gasteiger partial charge in [-0.1, -0.05) is 12.1 Å². The summed E-state index contributed by atoms with van der Waals surface area (Å²) < 4.78 is 5.26. The fourth-order valence-corrected chi connectivity index (χ4v) is 2.93. The molecule has 5 heteroatoms. The molecule has 0 saturated heterocycles. The van der Waals surface area contributed by atoms with E-state index in [0.29, 0.717) is 0 Å². The number of methoxy groups -OCH3 is 1. The van der Waals surface area contributed by atoms with Crippen LogP contribution in [0.3, 0.4) is 0 Å². The second-order valence-corrected chi connectivity index (χ2v) is 5.59. The molecule has 114 valence electrons. The van der Waals surface area contributed by atoms with E-state index in [1.54, 1.807) is 7.11 Å². The van der Waals surface area contributed by atoms with E-state index in [2.05, 4.69) is 4.98 Å². The van der Waals surface area contributed by atoms with Gasteiger partial charge in [0.1, 0.15) is 16.8 Å². The maximum atomic E-state index is 5.26. The highest BCUT2D eigenvalue weighted by atomic mass is 16.5. The molecule has 2 aromatic heterocycles. The summed E-state index contributed by atoms with van der Waals surface area (Å²) in [6, 6.07) is 17.4. The van der Waals surface area contributed by atoms with Gasteiger partial charge in [0.15, 0.2) is 0 Å². The van der Waals surface area contributed by atoms with Crippen LogP contribution >= 0.6 is 0 Å². The van der Waals surface area contributed by atoms with Crippen LogP contribution in [0.15, 0.2) is 54.6 Å². The summed E-state index contributed by atoms with van der Waals surface area (Å²) in [6.07, 6.45) is 0. The molecule has 0 saturated carbocycles. The summed E-state index contributed by atoms with van der Waals surface area (Å²) >= 11 is 0. The Morgan fingerprint density at radius 1 is 0.583 bits per heavy atom. The highest BCUT2D eigenvalue weighted by Crippen LogP contribution is 2.26. The Hall–Kier alpha value is -3.34. The van der Waals surface area contributed by atoms with Crippen molar-refractivity contribution in [2.75, 3.05) is 7.11 Å². The van der Waals surface area contributed by atoms with E-state index in [4.69, 9.17) is 19.7 Å². The minimum Gasteiger partial charge on any atom is -0.497 e. The van der Waals surface area contributed by atoms with Gasteiger partial charge in [0.2, 0.25) is 0 Å². The lowest BCUT2D eigenvalue weighted by atomic mass is 10.2. The minimum atomic E-state index is 0.766. The molecule has 0 fully saturated rings. The highest BCUT2D eigenvalue weighted by molar-refractivity contribution is 6.04. The predicted molar refractivity (Wildman–Crippen MR) is 94.2 cm³/mol. The van der Waals surface area contributed by atoms with Crippen molar-refractivity contribution in [3.63, 3.8) is 0 Å². The SMILES string of the molecule is COc1ccc2nc3c(ccc4nc5ccccc5nc43)nc2c1. The van der Waals surface area contributed by atoms with Gasteiger partial charge < -0.3 is 4.74 Å².